The van der Waals surface area contributed by atoms with Crippen LogP contribution in [0.4, 0.5) is 0 Å². The molecule has 0 fully saturated rings. The Bertz CT molecular complexity index is 302. The Kier molecular flexibility index (Phi) is 3.32. The van der Waals surface area contributed by atoms with Gasteiger partial charge in [-0.15, -0.1) is 5.10 Å². The van der Waals surface area contributed by atoms with Gasteiger partial charge in [-0.05, 0) is 28.8 Å². The van der Waals surface area contributed by atoms with Crippen molar-refractivity contribution in [3.8, 4) is 0 Å². The second kappa shape index (κ2) is 3.98. The van der Waals surface area contributed by atoms with Crippen molar-refractivity contribution in [1.29, 1.82) is 0 Å². The molecule has 0 amide bonds. The summed E-state index contributed by atoms with van der Waals surface area (Å²) in [5.74, 6) is 0.163. The monoisotopic (exact) mass is 261 g/mol. The number of aryl methyl sites for hydroxylation is 1. The number of nitrogens with zero attached hydrogens (tertiary/aromatic N) is 3. The summed E-state index contributed by atoms with van der Waals surface area (Å²) in [6, 6.07) is 0. The lowest BCUT2D eigenvalue weighted by molar-refractivity contribution is -0.00808. The molecule has 1 heterocycles. The van der Waals surface area contributed by atoms with Gasteiger partial charge in [0.15, 0.2) is 4.60 Å². The number of rotatable bonds is 3. The lowest BCUT2D eigenvalue weighted by Crippen LogP contribution is -2.32. The molecule has 4 nitrogen and oxygen atoms in total. The summed E-state index contributed by atoms with van der Waals surface area (Å²) in [4.78, 5) is 0. The Morgan fingerprint density at radius 3 is 2.57 bits per heavy atom. The summed E-state index contributed by atoms with van der Waals surface area (Å²) in [7, 11) is 1.78. The van der Waals surface area contributed by atoms with Crippen molar-refractivity contribution < 1.29 is 5.11 Å². The van der Waals surface area contributed by atoms with Crippen molar-refractivity contribution in [2.24, 2.45) is 13.0 Å². The van der Waals surface area contributed by atoms with Gasteiger partial charge in [0, 0.05) is 7.05 Å². The predicted molar refractivity (Wildman–Crippen MR) is 57.7 cm³/mol. The van der Waals surface area contributed by atoms with Gasteiger partial charge < -0.3 is 5.11 Å². The molecule has 2 unspecified atom stereocenters. The molecular weight excluding hydrogens is 246 g/mol. The van der Waals surface area contributed by atoms with Crippen molar-refractivity contribution >= 4 is 15.9 Å². The number of halogens is 1. The Morgan fingerprint density at radius 2 is 2.21 bits per heavy atom. The van der Waals surface area contributed by atoms with Crippen LogP contribution in [0.5, 0.6) is 0 Å². The first kappa shape index (κ1) is 11.7. The normalized spacial score (nSPS) is 17.9. The van der Waals surface area contributed by atoms with Gasteiger partial charge in [-0.25, -0.2) is 4.68 Å². The van der Waals surface area contributed by atoms with Crippen LogP contribution in [0.3, 0.4) is 0 Å². The number of hydrogen-bond acceptors (Lipinski definition) is 3. The van der Waals surface area contributed by atoms with Gasteiger partial charge in [-0.3, -0.25) is 0 Å². The average Bonchev–Trinajstić information content (AvgIpc) is 2.44. The predicted octanol–water partition coefficient (Wildman–Crippen LogP) is 1.83. The zero-order valence-electron chi connectivity index (χ0n) is 8.95. The van der Waals surface area contributed by atoms with Gasteiger partial charge in [0.1, 0.15) is 11.3 Å². The SMILES string of the molecule is CCC(C)C(C)(O)c1c(Br)nnn1C. The molecule has 0 aromatic carbocycles. The van der Waals surface area contributed by atoms with E-state index in [1.807, 2.05) is 6.92 Å². The first-order valence-electron chi connectivity index (χ1n) is 4.69. The quantitative estimate of drug-likeness (QED) is 0.904. The van der Waals surface area contributed by atoms with Crippen LogP contribution < -0.4 is 0 Å². The minimum absolute atomic E-state index is 0.163. The fourth-order valence-corrected chi connectivity index (χ4v) is 2.23. The molecule has 0 spiro atoms. The molecular formula is C9H16BrN3O. The minimum Gasteiger partial charge on any atom is -0.383 e. The van der Waals surface area contributed by atoms with Gasteiger partial charge in [0.25, 0.3) is 0 Å². The van der Waals surface area contributed by atoms with Crippen LogP contribution in [0, 0.1) is 5.92 Å². The molecule has 1 aromatic heterocycles. The van der Waals surface area contributed by atoms with Crippen molar-refractivity contribution in [3.63, 3.8) is 0 Å². The van der Waals surface area contributed by atoms with Crippen molar-refractivity contribution in [3.05, 3.63) is 10.3 Å². The summed E-state index contributed by atoms with van der Waals surface area (Å²) >= 11 is 3.30. The highest BCUT2D eigenvalue weighted by Crippen LogP contribution is 2.34. The molecule has 0 aliphatic rings. The van der Waals surface area contributed by atoms with Gasteiger partial charge in [0.2, 0.25) is 0 Å². The standard InChI is InChI=1S/C9H16BrN3O/c1-5-6(2)9(3,14)7-8(10)11-12-13(7)4/h6,14H,5H2,1-4H3. The Labute approximate surface area is 92.4 Å². The van der Waals surface area contributed by atoms with Crippen molar-refractivity contribution in [2.45, 2.75) is 32.8 Å². The zero-order valence-corrected chi connectivity index (χ0v) is 10.5. The summed E-state index contributed by atoms with van der Waals surface area (Å²) in [5, 5.41) is 18.1. The Balaban J connectivity index is 3.14. The molecule has 0 radical (unpaired) electrons. The Hall–Kier alpha value is -0.420. The van der Waals surface area contributed by atoms with E-state index in [-0.39, 0.29) is 5.92 Å². The molecule has 1 aromatic rings. The highest BCUT2D eigenvalue weighted by atomic mass is 79.9. The summed E-state index contributed by atoms with van der Waals surface area (Å²) in [6.07, 6.45) is 0.907. The van der Waals surface area contributed by atoms with Crippen LogP contribution in [-0.4, -0.2) is 20.1 Å². The van der Waals surface area contributed by atoms with Gasteiger partial charge in [0.05, 0.1) is 0 Å². The maximum absolute atomic E-state index is 10.4. The second-order valence-electron chi connectivity index (χ2n) is 3.81. The second-order valence-corrected chi connectivity index (χ2v) is 4.56. The number of aliphatic hydroxyl groups is 1. The molecule has 14 heavy (non-hydrogen) atoms. The first-order valence-corrected chi connectivity index (χ1v) is 5.48. The minimum atomic E-state index is -0.897. The van der Waals surface area contributed by atoms with Gasteiger partial charge >= 0.3 is 0 Å². The summed E-state index contributed by atoms with van der Waals surface area (Å²) in [6.45, 7) is 5.86. The molecule has 80 valence electrons. The number of aromatic nitrogens is 3. The summed E-state index contributed by atoms with van der Waals surface area (Å²) in [5.41, 5.74) is -0.168. The van der Waals surface area contributed by atoms with Crippen LogP contribution in [0.2, 0.25) is 0 Å². The van der Waals surface area contributed by atoms with Crippen LogP contribution in [0.1, 0.15) is 32.9 Å². The summed E-state index contributed by atoms with van der Waals surface area (Å²) < 4.78 is 2.22. The maximum atomic E-state index is 10.4. The van der Waals surface area contributed by atoms with Crippen molar-refractivity contribution in [1.82, 2.24) is 15.0 Å². The molecule has 0 saturated carbocycles. The third-order valence-corrected chi connectivity index (χ3v) is 3.37. The molecule has 0 bridgehead atoms. The van der Waals surface area contributed by atoms with E-state index >= 15 is 0 Å². The van der Waals surface area contributed by atoms with Crippen LogP contribution in [0.15, 0.2) is 4.60 Å². The number of hydrogen-bond donors (Lipinski definition) is 1. The molecule has 5 heteroatoms. The smallest absolute Gasteiger partial charge is 0.154 e. The van der Waals surface area contributed by atoms with E-state index < -0.39 is 5.60 Å². The average molecular weight is 262 g/mol. The molecule has 2 atom stereocenters. The lowest BCUT2D eigenvalue weighted by Gasteiger charge is -2.29. The van der Waals surface area contributed by atoms with E-state index in [2.05, 4.69) is 33.2 Å². The first-order chi connectivity index (χ1) is 6.41. The van der Waals surface area contributed by atoms with E-state index in [1.165, 1.54) is 0 Å². The maximum Gasteiger partial charge on any atom is 0.154 e. The van der Waals surface area contributed by atoms with Gasteiger partial charge in [-0.1, -0.05) is 25.5 Å². The Morgan fingerprint density at radius 1 is 1.64 bits per heavy atom. The topological polar surface area (TPSA) is 50.9 Å². The van der Waals surface area contributed by atoms with Crippen molar-refractivity contribution in [2.75, 3.05) is 0 Å². The van der Waals surface area contributed by atoms with E-state index in [4.69, 9.17) is 0 Å². The molecule has 1 N–H and O–H groups in total. The fraction of sp³-hybridized carbons (Fsp3) is 0.778. The van der Waals surface area contributed by atoms with E-state index in [1.54, 1.807) is 18.7 Å². The highest BCUT2D eigenvalue weighted by molar-refractivity contribution is 9.10. The molecule has 0 saturated heterocycles. The molecule has 0 aliphatic heterocycles. The molecule has 1 rings (SSSR count). The lowest BCUT2D eigenvalue weighted by atomic mass is 9.86. The largest absolute Gasteiger partial charge is 0.383 e. The van der Waals surface area contributed by atoms with Crippen LogP contribution in [0.25, 0.3) is 0 Å². The zero-order chi connectivity index (χ0) is 10.9. The molecule has 0 aliphatic carbocycles. The highest BCUT2D eigenvalue weighted by Gasteiger charge is 2.34. The van der Waals surface area contributed by atoms with Gasteiger partial charge in [-0.2, -0.15) is 0 Å². The van der Waals surface area contributed by atoms with E-state index in [9.17, 15) is 5.11 Å². The fourth-order valence-electron chi connectivity index (χ4n) is 1.50. The van der Waals surface area contributed by atoms with Crippen LogP contribution >= 0.6 is 15.9 Å². The third-order valence-electron chi connectivity index (χ3n) is 2.84. The third kappa shape index (κ3) is 1.83. The van der Waals surface area contributed by atoms with E-state index in [0.29, 0.717) is 4.60 Å². The van der Waals surface area contributed by atoms with Crippen LogP contribution in [-0.2, 0) is 12.6 Å². The van der Waals surface area contributed by atoms with E-state index in [0.717, 1.165) is 12.1 Å².